The number of hydrogen-bond donors (Lipinski definition) is 2. The van der Waals surface area contributed by atoms with Crippen molar-refractivity contribution in [3.8, 4) is 5.75 Å². The Morgan fingerprint density at radius 3 is 2.81 bits per heavy atom. The molecule has 1 saturated carbocycles. The average molecular weight is 394 g/mol. The second-order valence-corrected chi connectivity index (χ2v) is 8.25. The van der Waals surface area contributed by atoms with E-state index < -0.39 is 0 Å². The molecule has 1 aromatic carbocycles. The van der Waals surface area contributed by atoms with E-state index in [4.69, 9.17) is 22.1 Å². The highest BCUT2D eigenvalue weighted by Gasteiger charge is 2.38. The van der Waals surface area contributed by atoms with Crippen LogP contribution < -0.4 is 15.8 Å². The van der Waals surface area contributed by atoms with Crippen LogP contribution in [0.3, 0.4) is 0 Å². The molecule has 1 unspecified atom stereocenters. The van der Waals surface area contributed by atoms with Gasteiger partial charge in [0.25, 0.3) is 5.91 Å². The molecule has 0 bridgehead atoms. The number of carbonyl (C=O) groups excluding carboxylic acids is 1. The zero-order valence-corrected chi connectivity index (χ0v) is 17.2. The average Bonchev–Trinajstić information content (AvgIpc) is 2.68. The van der Waals surface area contributed by atoms with Crippen molar-refractivity contribution < 1.29 is 9.53 Å². The second kappa shape index (κ2) is 9.16. The molecule has 1 aliphatic carbocycles. The predicted molar refractivity (Wildman–Crippen MR) is 110 cm³/mol. The number of ether oxygens (including phenoxy) is 1. The van der Waals surface area contributed by atoms with Gasteiger partial charge in [-0.15, -0.1) is 0 Å². The highest BCUT2D eigenvalue weighted by molar-refractivity contribution is 6.33. The number of methoxy groups -OCH3 is 1. The van der Waals surface area contributed by atoms with Gasteiger partial charge in [-0.1, -0.05) is 37.8 Å². The summed E-state index contributed by atoms with van der Waals surface area (Å²) >= 11 is 6.15. The van der Waals surface area contributed by atoms with Crippen LogP contribution in [0.25, 0.3) is 0 Å². The van der Waals surface area contributed by atoms with Gasteiger partial charge in [-0.25, -0.2) is 0 Å². The van der Waals surface area contributed by atoms with E-state index in [1.165, 1.54) is 32.1 Å². The molecule has 3 N–H and O–H groups in total. The lowest BCUT2D eigenvalue weighted by Crippen LogP contribution is -2.58. The van der Waals surface area contributed by atoms with Crippen molar-refractivity contribution in [2.45, 2.75) is 70.5 Å². The van der Waals surface area contributed by atoms with Crippen LogP contribution in [0.5, 0.6) is 5.75 Å². The normalized spacial score (nSPS) is 25.7. The van der Waals surface area contributed by atoms with E-state index in [-0.39, 0.29) is 12.1 Å². The fourth-order valence-electron chi connectivity index (χ4n) is 4.69. The number of rotatable bonds is 6. The number of carbonyl (C=O) groups is 1. The van der Waals surface area contributed by atoms with Crippen LogP contribution >= 0.6 is 11.6 Å². The molecule has 3 atom stereocenters. The van der Waals surface area contributed by atoms with Crippen molar-refractivity contribution >= 4 is 23.2 Å². The Morgan fingerprint density at radius 1 is 1.30 bits per heavy atom. The number of likely N-dealkylation sites (tertiary alicyclic amines) is 1. The summed E-state index contributed by atoms with van der Waals surface area (Å²) < 4.78 is 5.36. The molecule has 1 aliphatic heterocycles. The van der Waals surface area contributed by atoms with Gasteiger partial charge in [0.15, 0.2) is 0 Å². The number of amides is 1. The van der Waals surface area contributed by atoms with Crippen LogP contribution in [-0.4, -0.2) is 36.7 Å². The summed E-state index contributed by atoms with van der Waals surface area (Å²) in [4.78, 5) is 15.6. The number of nitrogen functional groups attached to an aromatic ring is 1. The van der Waals surface area contributed by atoms with E-state index in [2.05, 4.69) is 17.1 Å². The fourth-order valence-corrected chi connectivity index (χ4v) is 4.86. The summed E-state index contributed by atoms with van der Waals surface area (Å²) in [6.45, 7) is 3.26. The van der Waals surface area contributed by atoms with Gasteiger partial charge >= 0.3 is 0 Å². The van der Waals surface area contributed by atoms with Crippen molar-refractivity contribution in [1.82, 2.24) is 10.2 Å². The fraction of sp³-hybridized carbons (Fsp3) is 0.667. The van der Waals surface area contributed by atoms with Gasteiger partial charge in [-0.2, -0.15) is 0 Å². The first-order valence-electron chi connectivity index (χ1n) is 10.2. The van der Waals surface area contributed by atoms with Crippen molar-refractivity contribution in [2.75, 3.05) is 19.4 Å². The van der Waals surface area contributed by atoms with Gasteiger partial charge in [-0.05, 0) is 44.1 Å². The number of hydrogen-bond acceptors (Lipinski definition) is 4. The molecule has 2 aliphatic rings. The minimum atomic E-state index is -0.144. The number of piperidine rings is 1. The Morgan fingerprint density at radius 2 is 2.07 bits per heavy atom. The Balaban J connectivity index is 1.78. The SMILES string of the molecule is CCCCN1C(NC(=O)c2cc(Cl)c(N)cc2OC)CC[C@H]2CCCC[C@@H]21. The smallest absolute Gasteiger partial charge is 0.256 e. The van der Waals surface area contributed by atoms with Crippen molar-refractivity contribution in [3.05, 3.63) is 22.7 Å². The van der Waals surface area contributed by atoms with Crippen molar-refractivity contribution in [1.29, 1.82) is 0 Å². The van der Waals surface area contributed by atoms with E-state index >= 15 is 0 Å². The van der Waals surface area contributed by atoms with Gasteiger partial charge in [0, 0.05) is 18.7 Å². The number of anilines is 1. The zero-order valence-electron chi connectivity index (χ0n) is 16.5. The largest absolute Gasteiger partial charge is 0.496 e. The summed E-state index contributed by atoms with van der Waals surface area (Å²) in [5.41, 5.74) is 6.70. The molecule has 2 fully saturated rings. The summed E-state index contributed by atoms with van der Waals surface area (Å²) in [7, 11) is 1.54. The minimum Gasteiger partial charge on any atom is -0.496 e. The van der Waals surface area contributed by atoms with Crippen LogP contribution in [0, 0.1) is 5.92 Å². The molecule has 1 amide bonds. The van der Waals surface area contributed by atoms with Crippen LogP contribution in [0.15, 0.2) is 12.1 Å². The predicted octanol–water partition coefficient (Wildman–Crippen LogP) is 4.44. The van der Waals surface area contributed by atoms with Gasteiger partial charge in [0.2, 0.25) is 0 Å². The molecule has 1 saturated heterocycles. The molecule has 3 rings (SSSR count). The standard InChI is InChI=1S/C21H32ClN3O2/c1-3-4-11-25-18-8-6-5-7-14(18)9-10-20(25)24-21(26)15-12-16(22)17(23)13-19(15)27-2/h12-14,18,20H,3-11,23H2,1-2H3,(H,24,26)/t14-,18+,20?/m1/s1. The monoisotopic (exact) mass is 393 g/mol. The molecule has 0 radical (unpaired) electrons. The number of benzene rings is 1. The molecule has 1 aromatic rings. The van der Waals surface area contributed by atoms with Crippen LogP contribution in [-0.2, 0) is 0 Å². The summed E-state index contributed by atoms with van der Waals surface area (Å²) in [5, 5.41) is 3.63. The number of halogens is 1. The number of fused-ring (bicyclic) bond motifs is 1. The Kier molecular flexibility index (Phi) is 6.88. The first-order valence-corrected chi connectivity index (χ1v) is 10.6. The molecule has 0 aromatic heterocycles. The maximum absolute atomic E-state index is 13.0. The van der Waals surface area contributed by atoms with E-state index in [0.29, 0.717) is 28.1 Å². The number of nitrogens with zero attached hydrogens (tertiary/aromatic N) is 1. The second-order valence-electron chi connectivity index (χ2n) is 7.84. The third-order valence-electron chi connectivity index (χ3n) is 6.14. The maximum atomic E-state index is 13.0. The number of nitrogens with one attached hydrogen (secondary N) is 1. The first kappa shape index (κ1) is 20.3. The first-order chi connectivity index (χ1) is 13.0. The van der Waals surface area contributed by atoms with Crippen molar-refractivity contribution in [3.63, 3.8) is 0 Å². The van der Waals surface area contributed by atoms with Crippen LogP contribution in [0.4, 0.5) is 5.69 Å². The van der Waals surface area contributed by atoms with Crippen LogP contribution in [0.2, 0.25) is 5.02 Å². The van der Waals surface area contributed by atoms with Crippen LogP contribution in [0.1, 0.15) is 68.6 Å². The Bertz CT molecular complexity index is 667. The molecule has 6 heteroatoms. The summed E-state index contributed by atoms with van der Waals surface area (Å²) in [6.07, 6.45) is 9.81. The molecule has 150 valence electrons. The molecular weight excluding hydrogens is 362 g/mol. The highest BCUT2D eigenvalue weighted by atomic mass is 35.5. The molecule has 5 nitrogen and oxygen atoms in total. The molecular formula is C21H32ClN3O2. The third-order valence-corrected chi connectivity index (χ3v) is 6.46. The van der Waals surface area contributed by atoms with E-state index in [1.54, 1.807) is 19.2 Å². The zero-order chi connectivity index (χ0) is 19.4. The lowest BCUT2D eigenvalue weighted by molar-refractivity contribution is 0.00136. The third kappa shape index (κ3) is 4.52. The molecule has 1 heterocycles. The highest BCUT2D eigenvalue weighted by Crippen LogP contribution is 2.37. The maximum Gasteiger partial charge on any atom is 0.256 e. The minimum absolute atomic E-state index is 0.0736. The van der Waals surface area contributed by atoms with E-state index in [1.807, 2.05) is 0 Å². The quantitative estimate of drug-likeness (QED) is 0.701. The summed E-state index contributed by atoms with van der Waals surface area (Å²) in [5.74, 6) is 1.10. The lowest BCUT2D eigenvalue weighted by Gasteiger charge is -2.48. The van der Waals surface area contributed by atoms with Gasteiger partial charge in [-0.3, -0.25) is 9.69 Å². The number of nitrogens with two attached hydrogens (primary N) is 1. The lowest BCUT2D eigenvalue weighted by atomic mass is 9.77. The van der Waals surface area contributed by atoms with Gasteiger partial charge in [0.1, 0.15) is 5.75 Å². The topological polar surface area (TPSA) is 67.6 Å². The van der Waals surface area contributed by atoms with E-state index in [9.17, 15) is 4.79 Å². The van der Waals surface area contributed by atoms with E-state index in [0.717, 1.165) is 31.7 Å². The number of unbranched alkanes of at least 4 members (excludes halogenated alkanes) is 1. The Labute approximate surface area is 167 Å². The van der Waals surface area contributed by atoms with Gasteiger partial charge in [0.05, 0.1) is 29.5 Å². The van der Waals surface area contributed by atoms with Crippen molar-refractivity contribution in [2.24, 2.45) is 5.92 Å². The van der Waals surface area contributed by atoms with Gasteiger partial charge < -0.3 is 15.8 Å². The molecule has 27 heavy (non-hydrogen) atoms. The molecule has 0 spiro atoms. The summed E-state index contributed by atoms with van der Waals surface area (Å²) in [6, 6.07) is 3.82. The Hall–Kier alpha value is -1.46.